The molecule has 1 aliphatic heterocycles. The molecule has 2 amide bonds. The van der Waals surface area contributed by atoms with E-state index in [1.54, 1.807) is 4.90 Å². The molecule has 1 saturated carbocycles. The summed E-state index contributed by atoms with van der Waals surface area (Å²) in [6, 6.07) is 9.63. The summed E-state index contributed by atoms with van der Waals surface area (Å²) in [4.78, 5) is 26.5. The average molecular weight is 258 g/mol. The van der Waals surface area contributed by atoms with E-state index in [0.29, 0.717) is 13.0 Å². The minimum absolute atomic E-state index is 0.00585. The maximum atomic E-state index is 12.8. The van der Waals surface area contributed by atoms with Gasteiger partial charge in [-0.25, -0.2) is 0 Å². The Morgan fingerprint density at radius 3 is 2.42 bits per heavy atom. The number of hydrogen-bond acceptors (Lipinski definition) is 2. The van der Waals surface area contributed by atoms with Gasteiger partial charge < -0.3 is 10.2 Å². The zero-order valence-electron chi connectivity index (χ0n) is 10.9. The van der Waals surface area contributed by atoms with Gasteiger partial charge in [-0.2, -0.15) is 0 Å². The molecule has 1 aromatic rings. The summed E-state index contributed by atoms with van der Waals surface area (Å²) in [7, 11) is 0. The standard InChI is InChI=1S/C15H18N2O2/c18-13-8-11-17(12-6-2-1-3-7-12)14(19)15(16-13)9-4-5-10-15/h1-3,6-7H,4-5,8-11H2,(H,16,18). The SMILES string of the molecule is O=C1CCN(c2ccccc2)C(=O)C2(CCCC2)N1. The topological polar surface area (TPSA) is 49.4 Å². The van der Waals surface area contributed by atoms with Gasteiger partial charge in [0.15, 0.2) is 0 Å². The monoisotopic (exact) mass is 258 g/mol. The number of nitrogens with zero attached hydrogens (tertiary/aromatic N) is 1. The van der Waals surface area contributed by atoms with Gasteiger partial charge in [-0.1, -0.05) is 31.0 Å². The summed E-state index contributed by atoms with van der Waals surface area (Å²) in [6.07, 6.45) is 3.92. The van der Waals surface area contributed by atoms with E-state index in [2.05, 4.69) is 5.32 Å². The van der Waals surface area contributed by atoms with Crippen LogP contribution in [0.5, 0.6) is 0 Å². The Labute approximate surface area is 112 Å². The van der Waals surface area contributed by atoms with Gasteiger partial charge in [0.25, 0.3) is 5.91 Å². The molecule has 4 nitrogen and oxygen atoms in total. The number of rotatable bonds is 1. The van der Waals surface area contributed by atoms with E-state index in [9.17, 15) is 9.59 Å². The van der Waals surface area contributed by atoms with Crippen molar-refractivity contribution in [3.63, 3.8) is 0 Å². The van der Waals surface area contributed by atoms with E-state index in [4.69, 9.17) is 0 Å². The number of hydrogen-bond donors (Lipinski definition) is 1. The molecule has 0 bridgehead atoms. The number of benzene rings is 1. The first-order valence-electron chi connectivity index (χ1n) is 6.89. The van der Waals surface area contributed by atoms with Crippen molar-refractivity contribution in [1.29, 1.82) is 0 Å². The Bertz CT molecular complexity index is 492. The molecule has 0 radical (unpaired) electrons. The van der Waals surface area contributed by atoms with Gasteiger partial charge in [0.05, 0.1) is 0 Å². The summed E-state index contributed by atoms with van der Waals surface area (Å²) in [5.41, 5.74) is 0.235. The Morgan fingerprint density at radius 2 is 1.74 bits per heavy atom. The molecule has 1 aliphatic carbocycles. The fraction of sp³-hybridized carbons (Fsp3) is 0.467. The van der Waals surface area contributed by atoms with Crippen LogP contribution in [0, 0.1) is 0 Å². The molecular formula is C15H18N2O2. The van der Waals surface area contributed by atoms with Crippen LogP contribution in [0.1, 0.15) is 32.1 Å². The molecule has 2 aliphatic rings. The maximum Gasteiger partial charge on any atom is 0.252 e. The highest BCUT2D eigenvalue weighted by Gasteiger charge is 2.46. The lowest BCUT2D eigenvalue weighted by molar-refractivity contribution is -0.129. The van der Waals surface area contributed by atoms with Crippen molar-refractivity contribution in [3.8, 4) is 0 Å². The molecule has 4 heteroatoms. The molecule has 1 aromatic carbocycles. The van der Waals surface area contributed by atoms with Crippen LogP contribution >= 0.6 is 0 Å². The van der Waals surface area contributed by atoms with Gasteiger partial charge in [-0.3, -0.25) is 9.59 Å². The summed E-state index contributed by atoms with van der Waals surface area (Å²) in [5, 5.41) is 2.97. The van der Waals surface area contributed by atoms with Crippen LogP contribution in [0.25, 0.3) is 0 Å². The lowest BCUT2D eigenvalue weighted by atomic mass is 9.95. The summed E-state index contributed by atoms with van der Waals surface area (Å²) in [6.45, 7) is 0.469. The second kappa shape index (κ2) is 4.68. The van der Waals surface area contributed by atoms with Crippen molar-refractivity contribution < 1.29 is 9.59 Å². The van der Waals surface area contributed by atoms with Gasteiger partial charge in [-0.15, -0.1) is 0 Å². The fourth-order valence-corrected chi connectivity index (χ4v) is 3.13. The Kier molecular flexibility index (Phi) is 3.01. The average Bonchev–Trinajstić information content (AvgIpc) is 2.85. The number of carbonyl (C=O) groups is 2. The highest BCUT2D eigenvalue weighted by molar-refractivity contribution is 6.04. The molecule has 0 aromatic heterocycles. The number of anilines is 1. The molecule has 1 saturated heterocycles. The van der Waals surface area contributed by atoms with E-state index in [1.807, 2.05) is 30.3 Å². The zero-order valence-corrected chi connectivity index (χ0v) is 10.9. The number of amides is 2. The largest absolute Gasteiger partial charge is 0.342 e. The van der Waals surface area contributed by atoms with Gasteiger partial charge in [0.1, 0.15) is 5.54 Å². The highest BCUT2D eigenvalue weighted by Crippen LogP contribution is 2.34. The minimum Gasteiger partial charge on any atom is -0.342 e. The Balaban J connectivity index is 1.96. The molecule has 19 heavy (non-hydrogen) atoms. The van der Waals surface area contributed by atoms with Crippen LogP contribution in [-0.4, -0.2) is 23.9 Å². The predicted octanol–water partition coefficient (Wildman–Crippen LogP) is 1.85. The first kappa shape index (κ1) is 12.2. The summed E-state index contributed by atoms with van der Waals surface area (Å²) >= 11 is 0. The van der Waals surface area contributed by atoms with Crippen LogP contribution in [0.2, 0.25) is 0 Å². The van der Waals surface area contributed by atoms with Gasteiger partial charge in [0, 0.05) is 18.7 Å². The molecule has 0 unspecified atom stereocenters. The second-order valence-corrected chi connectivity index (χ2v) is 5.38. The normalized spacial score (nSPS) is 22.4. The van der Waals surface area contributed by atoms with Crippen LogP contribution in [0.3, 0.4) is 0 Å². The smallest absolute Gasteiger partial charge is 0.252 e. The molecule has 1 heterocycles. The number of nitrogens with one attached hydrogen (secondary N) is 1. The quantitative estimate of drug-likeness (QED) is 0.835. The molecule has 100 valence electrons. The van der Waals surface area contributed by atoms with E-state index in [-0.39, 0.29) is 11.8 Å². The van der Waals surface area contributed by atoms with Gasteiger partial charge in [-0.05, 0) is 25.0 Å². The molecular weight excluding hydrogens is 240 g/mol. The number of carbonyl (C=O) groups excluding carboxylic acids is 2. The van der Waals surface area contributed by atoms with Gasteiger partial charge in [0.2, 0.25) is 5.91 Å². The van der Waals surface area contributed by atoms with E-state index in [0.717, 1.165) is 31.4 Å². The lowest BCUT2D eigenvalue weighted by Gasteiger charge is -2.31. The molecule has 0 atom stereocenters. The van der Waals surface area contributed by atoms with Crippen LogP contribution in [0.4, 0.5) is 5.69 Å². The number of para-hydroxylation sites is 1. The van der Waals surface area contributed by atoms with E-state index < -0.39 is 5.54 Å². The maximum absolute atomic E-state index is 12.8. The van der Waals surface area contributed by atoms with Crippen molar-refractivity contribution in [3.05, 3.63) is 30.3 Å². The molecule has 2 fully saturated rings. The van der Waals surface area contributed by atoms with Crippen molar-refractivity contribution in [2.75, 3.05) is 11.4 Å². The lowest BCUT2D eigenvalue weighted by Crippen LogP contribution is -2.55. The van der Waals surface area contributed by atoms with Crippen LogP contribution in [-0.2, 0) is 9.59 Å². The fourth-order valence-electron chi connectivity index (χ4n) is 3.13. The predicted molar refractivity (Wildman–Crippen MR) is 72.8 cm³/mol. The van der Waals surface area contributed by atoms with E-state index in [1.165, 1.54) is 0 Å². The first-order chi connectivity index (χ1) is 9.21. The first-order valence-corrected chi connectivity index (χ1v) is 6.89. The summed E-state index contributed by atoms with van der Waals surface area (Å²) < 4.78 is 0. The minimum atomic E-state index is -0.649. The van der Waals surface area contributed by atoms with Crippen molar-refractivity contribution in [2.45, 2.75) is 37.6 Å². The third-order valence-electron chi connectivity index (χ3n) is 4.12. The van der Waals surface area contributed by atoms with Crippen LogP contribution < -0.4 is 10.2 Å². The highest BCUT2D eigenvalue weighted by atomic mass is 16.2. The Hall–Kier alpha value is -1.84. The van der Waals surface area contributed by atoms with Gasteiger partial charge >= 0.3 is 0 Å². The van der Waals surface area contributed by atoms with Crippen LogP contribution in [0.15, 0.2) is 30.3 Å². The summed E-state index contributed by atoms with van der Waals surface area (Å²) in [5.74, 6) is 0.0516. The Morgan fingerprint density at radius 1 is 1.05 bits per heavy atom. The van der Waals surface area contributed by atoms with Crippen molar-refractivity contribution in [1.82, 2.24) is 5.32 Å². The second-order valence-electron chi connectivity index (χ2n) is 5.38. The molecule has 3 rings (SSSR count). The van der Waals surface area contributed by atoms with Crippen molar-refractivity contribution in [2.24, 2.45) is 0 Å². The molecule has 1 N–H and O–H groups in total. The van der Waals surface area contributed by atoms with Crippen molar-refractivity contribution >= 4 is 17.5 Å². The zero-order chi connectivity index (χ0) is 13.3. The van der Waals surface area contributed by atoms with E-state index >= 15 is 0 Å². The third-order valence-corrected chi connectivity index (χ3v) is 4.12. The third kappa shape index (κ3) is 2.11. The molecule has 1 spiro atoms.